The second-order valence-electron chi connectivity index (χ2n) is 4.49. The first-order valence-corrected chi connectivity index (χ1v) is 5.95. The molecule has 0 saturated carbocycles. The lowest BCUT2D eigenvalue weighted by atomic mass is 9.95. The zero-order valence-electron chi connectivity index (χ0n) is 10.7. The third-order valence-corrected chi connectivity index (χ3v) is 2.86. The SMILES string of the molecule is CC(C)c1cc(F)cc(-c2cccnc2)c1N=C=O. The fourth-order valence-electron chi connectivity index (χ4n) is 1.97. The largest absolute Gasteiger partial charge is 0.264 e. The van der Waals surface area contributed by atoms with Crippen molar-refractivity contribution in [1.29, 1.82) is 0 Å². The van der Waals surface area contributed by atoms with Crippen molar-refractivity contribution in [3.8, 4) is 11.1 Å². The van der Waals surface area contributed by atoms with E-state index < -0.39 is 0 Å². The summed E-state index contributed by atoms with van der Waals surface area (Å²) in [5, 5.41) is 0. The van der Waals surface area contributed by atoms with Crippen LogP contribution in [-0.4, -0.2) is 11.1 Å². The highest BCUT2D eigenvalue weighted by atomic mass is 19.1. The van der Waals surface area contributed by atoms with Gasteiger partial charge in [-0.25, -0.2) is 9.18 Å². The van der Waals surface area contributed by atoms with Gasteiger partial charge in [0.05, 0.1) is 5.69 Å². The predicted octanol–water partition coefficient (Wildman–Crippen LogP) is 3.98. The number of benzene rings is 1. The number of carbonyl (C=O) groups excluding carboxylic acids is 1. The molecule has 4 heteroatoms. The maximum absolute atomic E-state index is 13.7. The molecule has 0 aliphatic rings. The van der Waals surface area contributed by atoms with Crippen LogP contribution in [0, 0.1) is 5.82 Å². The van der Waals surface area contributed by atoms with E-state index in [0.717, 1.165) is 5.56 Å². The van der Waals surface area contributed by atoms with Crippen LogP contribution >= 0.6 is 0 Å². The fraction of sp³-hybridized carbons (Fsp3) is 0.200. The summed E-state index contributed by atoms with van der Waals surface area (Å²) in [6.07, 6.45) is 4.79. The van der Waals surface area contributed by atoms with E-state index in [0.29, 0.717) is 16.8 Å². The highest BCUT2D eigenvalue weighted by Crippen LogP contribution is 2.37. The van der Waals surface area contributed by atoms with Crippen molar-refractivity contribution in [1.82, 2.24) is 4.98 Å². The van der Waals surface area contributed by atoms with Crippen LogP contribution in [0.25, 0.3) is 11.1 Å². The highest BCUT2D eigenvalue weighted by Gasteiger charge is 2.15. The molecule has 96 valence electrons. The molecule has 0 aliphatic carbocycles. The number of hydrogen-bond donors (Lipinski definition) is 0. The van der Waals surface area contributed by atoms with Crippen LogP contribution in [0.15, 0.2) is 41.7 Å². The molecule has 3 nitrogen and oxygen atoms in total. The second-order valence-corrected chi connectivity index (χ2v) is 4.49. The molecular weight excluding hydrogens is 243 g/mol. The van der Waals surface area contributed by atoms with Crippen LogP contribution in [0.3, 0.4) is 0 Å². The van der Waals surface area contributed by atoms with Crippen LogP contribution in [0.2, 0.25) is 0 Å². The first kappa shape index (κ1) is 13.1. The van der Waals surface area contributed by atoms with Crippen LogP contribution in [-0.2, 0) is 4.79 Å². The number of aliphatic imine (C=N–C) groups is 1. The molecule has 0 fully saturated rings. The van der Waals surface area contributed by atoms with E-state index in [9.17, 15) is 9.18 Å². The number of halogens is 1. The molecule has 1 aromatic heterocycles. The van der Waals surface area contributed by atoms with Crippen molar-refractivity contribution in [3.63, 3.8) is 0 Å². The number of rotatable bonds is 3. The molecule has 2 aromatic rings. The number of isocyanates is 1. The predicted molar refractivity (Wildman–Crippen MR) is 71.5 cm³/mol. The van der Waals surface area contributed by atoms with Crippen LogP contribution in [0.1, 0.15) is 25.3 Å². The molecule has 1 heterocycles. The Bertz CT molecular complexity index is 632. The average molecular weight is 256 g/mol. The smallest absolute Gasteiger partial charge is 0.240 e. The molecule has 0 amide bonds. The first-order valence-electron chi connectivity index (χ1n) is 5.95. The van der Waals surface area contributed by atoms with E-state index in [-0.39, 0.29) is 11.7 Å². The molecule has 19 heavy (non-hydrogen) atoms. The van der Waals surface area contributed by atoms with Gasteiger partial charge in [0.25, 0.3) is 0 Å². The summed E-state index contributed by atoms with van der Waals surface area (Å²) < 4.78 is 13.7. The number of aromatic nitrogens is 1. The van der Waals surface area contributed by atoms with E-state index in [1.54, 1.807) is 30.6 Å². The lowest BCUT2D eigenvalue weighted by Crippen LogP contribution is -1.93. The molecule has 0 saturated heterocycles. The van der Waals surface area contributed by atoms with E-state index in [1.807, 2.05) is 13.8 Å². The molecule has 0 unspecified atom stereocenters. The molecule has 0 atom stereocenters. The van der Waals surface area contributed by atoms with Gasteiger partial charge in [0.2, 0.25) is 6.08 Å². The zero-order valence-corrected chi connectivity index (χ0v) is 10.7. The number of nitrogens with zero attached hydrogens (tertiary/aromatic N) is 2. The van der Waals surface area contributed by atoms with Crippen LogP contribution in [0.5, 0.6) is 0 Å². The standard InChI is InChI=1S/C15H13FN2O/c1-10(2)13-6-12(16)7-14(15(13)18-9-19)11-4-3-5-17-8-11/h3-8,10H,1-2H3. The molecule has 0 N–H and O–H groups in total. The maximum atomic E-state index is 13.7. The second kappa shape index (κ2) is 5.55. The zero-order chi connectivity index (χ0) is 13.8. The molecule has 1 aromatic carbocycles. The van der Waals surface area contributed by atoms with E-state index >= 15 is 0 Å². The van der Waals surface area contributed by atoms with Gasteiger partial charge >= 0.3 is 0 Å². The van der Waals surface area contributed by atoms with Gasteiger partial charge in [-0.2, -0.15) is 4.99 Å². The molecule has 2 rings (SSSR count). The maximum Gasteiger partial charge on any atom is 0.240 e. The number of pyridine rings is 1. The van der Waals surface area contributed by atoms with Gasteiger partial charge in [-0.3, -0.25) is 4.98 Å². The molecular formula is C15H13FN2O. The normalized spacial score (nSPS) is 10.3. The lowest BCUT2D eigenvalue weighted by molar-refractivity contribution is 0.565. The monoisotopic (exact) mass is 256 g/mol. The van der Waals surface area contributed by atoms with Crippen LogP contribution in [0.4, 0.5) is 10.1 Å². The Morgan fingerprint density at radius 3 is 2.74 bits per heavy atom. The topological polar surface area (TPSA) is 42.3 Å². The minimum Gasteiger partial charge on any atom is -0.264 e. The Labute approximate surface area is 110 Å². The third kappa shape index (κ3) is 2.75. The minimum absolute atomic E-state index is 0.0539. The highest BCUT2D eigenvalue weighted by molar-refractivity contribution is 5.79. The van der Waals surface area contributed by atoms with Crippen molar-refractivity contribution in [2.45, 2.75) is 19.8 Å². The van der Waals surface area contributed by atoms with Crippen molar-refractivity contribution in [2.24, 2.45) is 4.99 Å². The van der Waals surface area contributed by atoms with Crippen molar-refractivity contribution < 1.29 is 9.18 Å². The Balaban J connectivity index is 2.75. The summed E-state index contributed by atoms with van der Waals surface area (Å²) in [7, 11) is 0. The summed E-state index contributed by atoms with van der Waals surface area (Å²) in [5.41, 5.74) is 2.42. The Morgan fingerprint density at radius 2 is 2.16 bits per heavy atom. The van der Waals surface area contributed by atoms with Crippen molar-refractivity contribution in [2.75, 3.05) is 0 Å². The summed E-state index contributed by atoms with van der Waals surface area (Å²) in [5.74, 6) is -0.300. The summed E-state index contributed by atoms with van der Waals surface area (Å²) in [4.78, 5) is 18.4. The Kier molecular flexibility index (Phi) is 3.83. The van der Waals surface area contributed by atoms with Gasteiger partial charge in [-0.05, 0) is 29.7 Å². The third-order valence-electron chi connectivity index (χ3n) is 2.86. The molecule has 0 aliphatic heterocycles. The van der Waals surface area contributed by atoms with Gasteiger partial charge in [0.15, 0.2) is 0 Å². The van der Waals surface area contributed by atoms with Gasteiger partial charge in [0, 0.05) is 23.5 Å². The number of hydrogen-bond acceptors (Lipinski definition) is 3. The van der Waals surface area contributed by atoms with E-state index in [1.165, 1.54) is 12.1 Å². The van der Waals surface area contributed by atoms with E-state index in [2.05, 4.69) is 9.98 Å². The molecule has 0 bridgehead atoms. The summed E-state index contributed by atoms with van der Waals surface area (Å²) in [6, 6.07) is 6.32. The summed E-state index contributed by atoms with van der Waals surface area (Å²) >= 11 is 0. The van der Waals surface area contributed by atoms with E-state index in [4.69, 9.17) is 0 Å². The quantitative estimate of drug-likeness (QED) is 0.615. The van der Waals surface area contributed by atoms with Gasteiger partial charge in [0.1, 0.15) is 5.82 Å². The Hall–Kier alpha value is -2.32. The van der Waals surface area contributed by atoms with Crippen molar-refractivity contribution in [3.05, 3.63) is 48.0 Å². The van der Waals surface area contributed by atoms with Gasteiger partial charge in [-0.1, -0.05) is 19.9 Å². The van der Waals surface area contributed by atoms with Gasteiger partial charge in [-0.15, -0.1) is 0 Å². The minimum atomic E-state index is -0.354. The van der Waals surface area contributed by atoms with Gasteiger partial charge < -0.3 is 0 Å². The summed E-state index contributed by atoms with van der Waals surface area (Å²) in [6.45, 7) is 3.84. The van der Waals surface area contributed by atoms with Crippen LogP contribution < -0.4 is 0 Å². The molecule has 0 radical (unpaired) electrons. The first-order chi connectivity index (χ1) is 9.13. The Morgan fingerprint density at radius 1 is 1.37 bits per heavy atom. The molecule has 0 spiro atoms. The fourth-order valence-corrected chi connectivity index (χ4v) is 1.97. The average Bonchev–Trinajstić information content (AvgIpc) is 2.41. The lowest BCUT2D eigenvalue weighted by Gasteiger charge is -2.13. The van der Waals surface area contributed by atoms with Crippen molar-refractivity contribution >= 4 is 11.8 Å².